The number of hydrogen-bond acceptors (Lipinski definition) is 7. The topological polar surface area (TPSA) is 81.9 Å². The first-order valence-corrected chi connectivity index (χ1v) is 11.1. The van der Waals surface area contributed by atoms with Gasteiger partial charge in [-0.25, -0.2) is 9.97 Å². The molecule has 1 aliphatic heterocycles. The van der Waals surface area contributed by atoms with Gasteiger partial charge < -0.3 is 5.32 Å². The summed E-state index contributed by atoms with van der Waals surface area (Å²) in [7, 11) is 0. The zero-order valence-corrected chi connectivity index (χ0v) is 17.3. The van der Waals surface area contributed by atoms with Gasteiger partial charge in [-0.05, 0) is 17.2 Å². The van der Waals surface area contributed by atoms with Crippen LogP contribution < -0.4 is 5.32 Å². The van der Waals surface area contributed by atoms with Gasteiger partial charge in [0.2, 0.25) is 5.91 Å². The van der Waals surface area contributed by atoms with E-state index in [2.05, 4.69) is 45.5 Å². The number of aromatic nitrogens is 2. The monoisotopic (exact) mass is 421 g/mol. The van der Waals surface area contributed by atoms with E-state index in [9.17, 15) is 10.1 Å². The summed E-state index contributed by atoms with van der Waals surface area (Å²) >= 11 is 2.67. The standard InChI is InChI=1S/C21H19N5OS2/c22-11-16-10-17-13-26(12-15-4-2-1-3-5-15)8-6-18(17)24-20(16)29-14-19(27)25-21-23-7-9-28-21/h1-5,7,9-10H,6,8,12-14H2,(H,23,25,27). The number of carbonyl (C=O) groups excluding carboxylic acids is 1. The molecule has 0 bridgehead atoms. The Morgan fingerprint density at radius 2 is 2.21 bits per heavy atom. The van der Waals surface area contributed by atoms with Crippen LogP contribution in [0.15, 0.2) is 53.0 Å². The third kappa shape index (κ3) is 5.01. The number of nitrogens with one attached hydrogen (secondary N) is 1. The number of rotatable bonds is 6. The number of pyridine rings is 1. The van der Waals surface area contributed by atoms with E-state index in [1.54, 1.807) is 6.20 Å². The Bertz CT molecular complexity index is 1030. The quantitative estimate of drug-likeness (QED) is 0.611. The average Bonchev–Trinajstić information content (AvgIpc) is 3.25. The molecule has 1 amide bonds. The Hall–Kier alpha value is -2.73. The van der Waals surface area contributed by atoms with E-state index in [-0.39, 0.29) is 11.7 Å². The van der Waals surface area contributed by atoms with Gasteiger partial charge >= 0.3 is 0 Å². The fraction of sp³-hybridized carbons (Fsp3) is 0.238. The summed E-state index contributed by atoms with van der Waals surface area (Å²) in [4.78, 5) is 23.2. The third-order valence-electron chi connectivity index (χ3n) is 4.60. The number of hydrogen-bond donors (Lipinski definition) is 1. The highest BCUT2D eigenvalue weighted by Gasteiger charge is 2.21. The van der Waals surface area contributed by atoms with Crippen molar-refractivity contribution in [2.45, 2.75) is 24.5 Å². The fourth-order valence-corrected chi connectivity index (χ4v) is 4.57. The molecule has 2 aromatic heterocycles. The number of amides is 1. The van der Waals surface area contributed by atoms with Gasteiger partial charge in [-0.2, -0.15) is 5.26 Å². The van der Waals surface area contributed by atoms with Gasteiger partial charge in [0.15, 0.2) is 5.13 Å². The molecule has 0 fully saturated rings. The van der Waals surface area contributed by atoms with Crippen LogP contribution in [-0.2, 0) is 24.3 Å². The van der Waals surface area contributed by atoms with Crippen molar-refractivity contribution in [2.24, 2.45) is 0 Å². The molecule has 3 heterocycles. The number of thioether (sulfide) groups is 1. The van der Waals surface area contributed by atoms with E-state index in [4.69, 9.17) is 4.98 Å². The minimum Gasteiger partial charge on any atom is -0.301 e. The first-order chi connectivity index (χ1) is 14.2. The molecule has 1 N–H and O–H groups in total. The lowest BCUT2D eigenvalue weighted by atomic mass is 10.0. The molecule has 6 nitrogen and oxygen atoms in total. The summed E-state index contributed by atoms with van der Waals surface area (Å²) in [5.41, 5.74) is 3.93. The molecule has 0 atom stereocenters. The second kappa shape index (κ2) is 9.18. The molecular formula is C21H19N5OS2. The van der Waals surface area contributed by atoms with Crippen LogP contribution in [-0.4, -0.2) is 33.1 Å². The van der Waals surface area contributed by atoms with E-state index in [0.717, 1.165) is 37.3 Å². The van der Waals surface area contributed by atoms with E-state index in [0.29, 0.717) is 15.7 Å². The normalized spacial score (nSPS) is 13.5. The van der Waals surface area contributed by atoms with Gasteiger partial charge in [-0.15, -0.1) is 11.3 Å². The van der Waals surface area contributed by atoms with E-state index < -0.39 is 0 Å². The summed E-state index contributed by atoms with van der Waals surface area (Å²) in [6.45, 7) is 2.59. The van der Waals surface area contributed by atoms with Gasteiger partial charge in [0.05, 0.1) is 11.3 Å². The first kappa shape index (κ1) is 19.6. The highest BCUT2D eigenvalue weighted by Crippen LogP contribution is 2.27. The van der Waals surface area contributed by atoms with Crippen molar-refractivity contribution in [3.63, 3.8) is 0 Å². The molecule has 0 saturated carbocycles. The largest absolute Gasteiger partial charge is 0.301 e. The third-order valence-corrected chi connectivity index (χ3v) is 6.28. The lowest BCUT2D eigenvalue weighted by molar-refractivity contribution is -0.113. The molecule has 0 unspecified atom stereocenters. The summed E-state index contributed by atoms with van der Waals surface area (Å²) in [5.74, 6) is 0.0441. The fourth-order valence-electron chi connectivity index (χ4n) is 3.25. The van der Waals surface area contributed by atoms with E-state index in [1.807, 2.05) is 17.5 Å². The van der Waals surface area contributed by atoms with Crippen LogP contribution in [0.2, 0.25) is 0 Å². The number of benzene rings is 1. The Morgan fingerprint density at radius 3 is 2.97 bits per heavy atom. The maximum atomic E-state index is 12.1. The van der Waals surface area contributed by atoms with Crippen molar-refractivity contribution < 1.29 is 4.79 Å². The first-order valence-electron chi connectivity index (χ1n) is 9.22. The number of nitriles is 1. The van der Waals surface area contributed by atoms with Crippen LogP contribution in [0.25, 0.3) is 0 Å². The summed E-state index contributed by atoms with van der Waals surface area (Å²) in [6, 6.07) is 14.6. The molecule has 1 aromatic carbocycles. The SMILES string of the molecule is N#Cc1cc2c(nc1SCC(=O)Nc1nccs1)CCN(Cc1ccccc1)C2. The minimum absolute atomic E-state index is 0.151. The van der Waals surface area contributed by atoms with Gasteiger partial charge in [0.1, 0.15) is 11.1 Å². The predicted molar refractivity (Wildman–Crippen MR) is 115 cm³/mol. The average molecular weight is 422 g/mol. The molecule has 0 saturated heterocycles. The van der Waals surface area contributed by atoms with Gasteiger partial charge in [-0.1, -0.05) is 42.1 Å². The van der Waals surface area contributed by atoms with Crippen molar-refractivity contribution in [1.29, 1.82) is 5.26 Å². The van der Waals surface area contributed by atoms with Gasteiger partial charge in [-0.3, -0.25) is 9.69 Å². The van der Waals surface area contributed by atoms with E-state index >= 15 is 0 Å². The zero-order chi connectivity index (χ0) is 20.1. The second-order valence-electron chi connectivity index (χ2n) is 6.68. The molecule has 4 rings (SSSR count). The number of anilines is 1. The Labute approximate surface area is 177 Å². The van der Waals surface area contributed by atoms with Gasteiger partial charge in [0.25, 0.3) is 0 Å². The van der Waals surface area contributed by atoms with Crippen LogP contribution in [0.5, 0.6) is 0 Å². The summed E-state index contributed by atoms with van der Waals surface area (Å²) in [5, 5.41) is 15.3. The molecule has 0 aliphatic carbocycles. The van der Waals surface area contributed by atoms with Crippen LogP contribution in [0.4, 0.5) is 5.13 Å². The molecule has 8 heteroatoms. The molecule has 146 valence electrons. The van der Waals surface area contributed by atoms with Crippen molar-refractivity contribution in [3.05, 3.63) is 70.4 Å². The lowest BCUT2D eigenvalue weighted by Crippen LogP contribution is -2.31. The molecule has 0 spiro atoms. The van der Waals surface area contributed by atoms with Crippen LogP contribution in [0.3, 0.4) is 0 Å². The van der Waals surface area contributed by atoms with Crippen LogP contribution in [0.1, 0.15) is 22.4 Å². The Balaban J connectivity index is 1.42. The zero-order valence-electron chi connectivity index (χ0n) is 15.7. The van der Waals surface area contributed by atoms with Crippen molar-refractivity contribution in [2.75, 3.05) is 17.6 Å². The number of nitrogens with zero attached hydrogens (tertiary/aromatic N) is 4. The molecular weight excluding hydrogens is 402 g/mol. The molecule has 0 radical (unpaired) electrons. The molecule has 1 aliphatic rings. The highest BCUT2D eigenvalue weighted by atomic mass is 32.2. The maximum Gasteiger partial charge on any atom is 0.236 e. The van der Waals surface area contributed by atoms with Crippen molar-refractivity contribution in [3.8, 4) is 6.07 Å². The lowest BCUT2D eigenvalue weighted by Gasteiger charge is -2.28. The minimum atomic E-state index is -0.151. The highest BCUT2D eigenvalue weighted by molar-refractivity contribution is 8.00. The Kier molecular flexibility index (Phi) is 6.20. The number of thiazole rings is 1. The predicted octanol–water partition coefficient (Wildman–Crippen LogP) is 3.70. The maximum absolute atomic E-state index is 12.1. The van der Waals surface area contributed by atoms with Crippen LogP contribution >= 0.6 is 23.1 Å². The Morgan fingerprint density at radius 1 is 1.34 bits per heavy atom. The second-order valence-corrected chi connectivity index (χ2v) is 8.54. The van der Waals surface area contributed by atoms with E-state index in [1.165, 1.54) is 28.7 Å². The summed E-state index contributed by atoms with van der Waals surface area (Å²) in [6.07, 6.45) is 2.49. The van der Waals surface area contributed by atoms with Crippen molar-refractivity contribution >= 4 is 34.1 Å². The summed E-state index contributed by atoms with van der Waals surface area (Å²) < 4.78 is 0. The van der Waals surface area contributed by atoms with Crippen molar-refractivity contribution in [1.82, 2.24) is 14.9 Å². The molecule has 3 aromatic rings. The number of fused-ring (bicyclic) bond motifs is 1. The smallest absolute Gasteiger partial charge is 0.236 e. The molecule has 29 heavy (non-hydrogen) atoms. The number of carbonyl (C=O) groups is 1. The van der Waals surface area contributed by atoms with Gasteiger partial charge in [0, 0.05) is 43.3 Å². The van der Waals surface area contributed by atoms with Crippen LogP contribution in [0, 0.1) is 11.3 Å².